The minimum Gasteiger partial charge on any atom is -0.478 e. The van der Waals surface area contributed by atoms with E-state index in [0.717, 1.165) is 0 Å². The number of carboxylic acid groups (broad SMARTS) is 1. The Balaban J connectivity index is 1.66. The van der Waals surface area contributed by atoms with Gasteiger partial charge in [0.1, 0.15) is 12.7 Å². The second-order valence-electron chi connectivity index (χ2n) is 8.87. The van der Waals surface area contributed by atoms with Crippen molar-refractivity contribution in [2.75, 3.05) is 10.2 Å². The van der Waals surface area contributed by atoms with Crippen molar-refractivity contribution < 1.29 is 19.1 Å². The normalized spacial score (nSPS) is 14.2. The zero-order chi connectivity index (χ0) is 28.4. The average molecular weight is 534 g/mol. The molecule has 2 N–H and O–H groups in total. The van der Waals surface area contributed by atoms with Crippen LogP contribution in [0.4, 0.5) is 22.0 Å². The molecule has 0 spiro atoms. The Morgan fingerprint density at radius 3 is 2.40 bits per heavy atom. The number of hydrogen-bond donors (Lipinski definition) is 2. The highest BCUT2D eigenvalue weighted by Crippen LogP contribution is 2.42. The van der Waals surface area contributed by atoms with E-state index >= 15 is 0 Å². The molecule has 1 aromatic heterocycles. The lowest BCUT2D eigenvalue weighted by molar-refractivity contribution is 0.0692. The molecule has 0 saturated carbocycles. The van der Waals surface area contributed by atoms with E-state index in [2.05, 4.69) is 27.5 Å². The lowest BCUT2D eigenvalue weighted by Gasteiger charge is -2.34. The molecule has 1 aliphatic heterocycles. The number of benzene rings is 3. The summed E-state index contributed by atoms with van der Waals surface area (Å²) in [5.41, 5.74) is 2.60. The number of amides is 1. The first-order chi connectivity index (χ1) is 19.4. The summed E-state index contributed by atoms with van der Waals surface area (Å²) >= 11 is 0. The van der Waals surface area contributed by atoms with Crippen molar-refractivity contribution in [1.29, 1.82) is 10.5 Å². The zero-order valence-corrected chi connectivity index (χ0v) is 21.0. The van der Waals surface area contributed by atoms with Gasteiger partial charge < -0.3 is 5.11 Å². The third-order valence-electron chi connectivity index (χ3n) is 6.48. The third-order valence-corrected chi connectivity index (χ3v) is 6.48. The summed E-state index contributed by atoms with van der Waals surface area (Å²) in [5, 5.41) is 36.0. The van der Waals surface area contributed by atoms with Gasteiger partial charge in [-0.25, -0.2) is 13.9 Å². The molecule has 0 aliphatic carbocycles. The molecular formula is C29H20FN7O3. The Kier molecular flexibility index (Phi) is 6.79. The number of allylic oxidation sites excluding steroid dienone is 2. The highest BCUT2D eigenvalue weighted by molar-refractivity contribution is 6.10. The highest BCUT2D eigenvalue weighted by atomic mass is 19.1. The molecule has 0 fully saturated rings. The fourth-order valence-corrected chi connectivity index (χ4v) is 4.60. The number of anilines is 3. The number of carbonyl (C=O) groups excluding carboxylic acids is 1. The predicted molar refractivity (Wildman–Crippen MR) is 142 cm³/mol. The molecule has 1 atom stereocenters. The quantitative estimate of drug-likeness (QED) is 0.347. The highest BCUT2D eigenvalue weighted by Gasteiger charge is 2.36. The Morgan fingerprint density at radius 2 is 1.75 bits per heavy atom. The van der Waals surface area contributed by atoms with E-state index in [4.69, 9.17) is 0 Å². The molecule has 11 heteroatoms. The van der Waals surface area contributed by atoms with E-state index < -0.39 is 24.6 Å². The average Bonchev–Trinajstić information content (AvgIpc) is 3.38. The number of nitrogens with zero attached hydrogens (tertiary/aromatic N) is 6. The van der Waals surface area contributed by atoms with Gasteiger partial charge in [-0.15, -0.1) is 5.10 Å². The second-order valence-corrected chi connectivity index (χ2v) is 8.87. The lowest BCUT2D eigenvalue weighted by Crippen LogP contribution is -2.30. The van der Waals surface area contributed by atoms with Crippen molar-refractivity contribution in [3.8, 4) is 12.1 Å². The molecule has 0 saturated heterocycles. The van der Waals surface area contributed by atoms with Crippen molar-refractivity contribution in [2.24, 2.45) is 0 Å². The maximum Gasteiger partial charge on any atom is 0.336 e. The molecular weight excluding hydrogens is 513 g/mol. The first kappa shape index (κ1) is 25.8. The van der Waals surface area contributed by atoms with Gasteiger partial charge in [0.15, 0.2) is 0 Å². The molecule has 1 amide bonds. The van der Waals surface area contributed by atoms with Crippen LogP contribution in [0, 0.1) is 22.7 Å². The summed E-state index contributed by atoms with van der Waals surface area (Å²) in [5.74, 6) is -1.88. The second kappa shape index (κ2) is 10.5. The summed E-state index contributed by atoms with van der Waals surface area (Å²) in [4.78, 5) is 30.9. The fraction of sp³-hybridized carbons (Fsp3) is 0.103. The van der Waals surface area contributed by atoms with Crippen LogP contribution >= 0.6 is 0 Å². The number of alkyl halides is 1. The van der Waals surface area contributed by atoms with E-state index in [0.29, 0.717) is 33.6 Å². The number of carboxylic acids is 1. The van der Waals surface area contributed by atoms with Crippen LogP contribution in [0.5, 0.6) is 0 Å². The maximum absolute atomic E-state index is 13.5. The van der Waals surface area contributed by atoms with E-state index in [9.17, 15) is 29.6 Å². The third kappa shape index (κ3) is 4.52. The van der Waals surface area contributed by atoms with E-state index in [1.54, 1.807) is 66.4 Å². The lowest BCUT2D eigenvalue weighted by atomic mass is 9.95. The number of fused-ring (bicyclic) bond motifs is 1. The molecule has 2 heterocycles. The van der Waals surface area contributed by atoms with E-state index in [1.807, 2.05) is 0 Å². The van der Waals surface area contributed by atoms with Crippen LogP contribution in [0.25, 0.3) is 0 Å². The first-order valence-corrected chi connectivity index (χ1v) is 12.0. The molecule has 1 aliphatic rings. The minimum absolute atomic E-state index is 0.0778. The number of halogens is 1. The molecule has 10 nitrogen and oxygen atoms in total. The van der Waals surface area contributed by atoms with Crippen LogP contribution < -0.4 is 10.2 Å². The molecule has 5 rings (SSSR count). The van der Waals surface area contributed by atoms with Gasteiger partial charge in [-0.05, 0) is 54.4 Å². The Labute approximate surface area is 227 Å². The van der Waals surface area contributed by atoms with Crippen molar-refractivity contribution >= 4 is 29.5 Å². The molecule has 0 bridgehead atoms. The Hall–Kier alpha value is -5.81. The summed E-state index contributed by atoms with van der Waals surface area (Å²) in [6, 6.07) is 22.7. The van der Waals surface area contributed by atoms with Crippen LogP contribution in [-0.2, 0) is 6.67 Å². The van der Waals surface area contributed by atoms with Crippen LogP contribution in [0.15, 0.2) is 84.1 Å². The molecule has 4 aromatic rings. The zero-order valence-electron chi connectivity index (χ0n) is 21.0. The molecule has 3 aromatic carbocycles. The van der Waals surface area contributed by atoms with Gasteiger partial charge in [0.2, 0.25) is 5.95 Å². The van der Waals surface area contributed by atoms with Crippen LogP contribution in [0.2, 0.25) is 0 Å². The van der Waals surface area contributed by atoms with Crippen LogP contribution in [0.3, 0.4) is 0 Å². The molecule has 0 radical (unpaired) electrons. The van der Waals surface area contributed by atoms with E-state index in [-0.39, 0.29) is 23.0 Å². The van der Waals surface area contributed by atoms with Crippen molar-refractivity contribution in [1.82, 2.24) is 14.8 Å². The van der Waals surface area contributed by atoms with Crippen LogP contribution in [0.1, 0.15) is 50.4 Å². The number of aromatic carboxylic acids is 1. The fourth-order valence-electron chi connectivity index (χ4n) is 4.60. The predicted octanol–water partition coefficient (Wildman–Crippen LogP) is 5.11. The van der Waals surface area contributed by atoms with Crippen molar-refractivity contribution in [3.05, 3.63) is 112 Å². The van der Waals surface area contributed by atoms with Crippen molar-refractivity contribution in [3.63, 3.8) is 0 Å². The smallest absolute Gasteiger partial charge is 0.336 e. The summed E-state index contributed by atoms with van der Waals surface area (Å²) < 4.78 is 15.0. The van der Waals surface area contributed by atoms with Gasteiger partial charge in [-0.1, -0.05) is 36.4 Å². The largest absolute Gasteiger partial charge is 0.478 e. The van der Waals surface area contributed by atoms with Crippen molar-refractivity contribution in [2.45, 2.75) is 19.6 Å². The number of carbonyl (C=O) groups is 2. The topological polar surface area (TPSA) is 148 Å². The SMILES string of the molecule is CC1=C(C#N)C(c2ccc(C#N)cc2)n2nc(NC(=O)c3ccccc3C(=O)O)nc2N1c1cccc(CF)c1. The molecule has 40 heavy (non-hydrogen) atoms. The summed E-state index contributed by atoms with van der Waals surface area (Å²) in [6.07, 6.45) is 0. The van der Waals surface area contributed by atoms with E-state index in [1.165, 1.54) is 22.9 Å². The summed E-state index contributed by atoms with van der Waals surface area (Å²) in [7, 11) is 0. The van der Waals surface area contributed by atoms with Gasteiger partial charge in [0.05, 0.1) is 34.4 Å². The number of hydrogen-bond acceptors (Lipinski definition) is 7. The first-order valence-electron chi connectivity index (χ1n) is 12.0. The van der Waals surface area contributed by atoms with Gasteiger partial charge in [0, 0.05) is 11.4 Å². The number of rotatable bonds is 6. The molecule has 196 valence electrons. The standard InChI is InChI=1S/C29H20FN7O3/c1-17-24(16-32)25(20-11-9-18(15-31)10-12-20)37-29(36(17)21-6-4-5-19(13-21)14-30)34-28(35-37)33-26(38)22-7-2-3-8-23(22)27(39)40/h2-13,25H,14H2,1H3,(H,39,40)(H,33,35,38). The van der Waals surface area contributed by atoms with Gasteiger partial charge in [-0.3, -0.25) is 15.0 Å². The Bertz CT molecular complexity index is 1760. The number of aromatic nitrogens is 3. The number of nitriles is 2. The molecule has 1 unspecified atom stereocenters. The van der Waals surface area contributed by atoms with Crippen LogP contribution in [-0.4, -0.2) is 31.7 Å². The summed E-state index contributed by atoms with van der Waals surface area (Å²) in [6.45, 7) is 1.04. The van der Waals surface area contributed by atoms with Gasteiger partial charge in [0.25, 0.3) is 11.9 Å². The Morgan fingerprint density at radius 1 is 1.02 bits per heavy atom. The van der Waals surface area contributed by atoms with Gasteiger partial charge >= 0.3 is 5.97 Å². The number of nitrogens with one attached hydrogen (secondary N) is 1. The monoisotopic (exact) mass is 533 g/mol. The van der Waals surface area contributed by atoms with Gasteiger partial charge in [-0.2, -0.15) is 15.5 Å². The minimum atomic E-state index is -1.26. The maximum atomic E-state index is 13.5.